The number of ketones is 1. The van der Waals surface area contributed by atoms with E-state index < -0.39 is 0 Å². The maximum atomic E-state index is 12.2. The van der Waals surface area contributed by atoms with Gasteiger partial charge in [-0.1, -0.05) is 25.0 Å². The van der Waals surface area contributed by atoms with Crippen LogP contribution in [-0.2, 0) is 12.8 Å². The van der Waals surface area contributed by atoms with Crippen molar-refractivity contribution in [2.75, 3.05) is 6.54 Å². The summed E-state index contributed by atoms with van der Waals surface area (Å²) < 4.78 is 0. The first-order valence-corrected chi connectivity index (χ1v) is 7.71. The molecule has 102 valence electrons. The molecule has 1 N–H and O–H groups in total. The number of carbonyl (C=O) groups is 1. The second-order valence-electron chi connectivity index (χ2n) is 5.98. The number of aryl methyl sites for hydroxylation is 2. The van der Waals surface area contributed by atoms with Crippen LogP contribution in [0.3, 0.4) is 0 Å². The summed E-state index contributed by atoms with van der Waals surface area (Å²) in [7, 11) is 0. The minimum absolute atomic E-state index is 0.250. The Kier molecular flexibility index (Phi) is 3.97. The number of rotatable bonds is 4. The zero-order valence-corrected chi connectivity index (χ0v) is 11.6. The normalized spacial score (nSPS) is 19.4. The molecule has 3 rings (SSSR count). The van der Waals surface area contributed by atoms with Crippen molar-refractivity contribution in [3.05, 3.63) is 34.9 Å². The van der Waals surface area contributed by atoms with Crippen LogP contribution in [0.5, 0.6) is 0 Å². The third-order valence-corrected chi connectivity index (χ3v) is 4.58. The van der Waals surface area contributed by atoms with Gasteiger partial charge in [-0.05, 0) is 55.7 Å². The number of hydrogen-bond donors (Lipinski definition) is 1. The van der Waals surface area contributed by atoms with Crippen molar-refractivity contribution in [1.82, 2.24) is 5.32 Å². The quantitative estimate of drug-likeness (QED) is 0.839. The van der Waals surface area contributed by atoms with Gasteiger partial charge in [-0.3, -0.25) is 4.79 Å². The Morgan fingerprint density at radius 1 is 1.05 bits per heavy atom. The molecule has 19 heavy (non-hydrogen) atoms. The molecule has 2 nitrogen and oxygen atoms in total. The lowest BCUT2D eigenvalue weighted by Gasteiger charge is -2.16. The highest BCUT2D eigenvalue weighted by Crippen LogP contribution is 2.22. The topological polar surface area (TPSA) is 29.1 Å². The van der Waals surface area contributed by atoms with Crippen molar-refractivity contribution in [2.45, 2.75) is 57.4 Å². The largest absolute Gasteiger partial charge is 0.307 e. The number of hydrogen-bond acceptors (Lipinski definition) is 2. The van der Waals surface area contributed by atoms with Gasteiger partial charge in [0.1, 0.15) is 0 Å². The summed E-state index contributed by atoms with van der Waals surface area (Å²) in [6.45, 7) is 0.503. The van der Waals surface area contributed by atoms with E-state index >= 15 is 0 Å². The van der Waals surface area contributed by atoms with Gasteiger partial charge < -0.3 is 5.32 Å². The Balaban J connectivity index is 1.62. The zero-order valence-electron chi connectivity index (χ0n) is 11.6. The molecule has 0 aromatic heterocycles. The highest BCUT2D eigenvalue weighted by Gasteiger charge is 2.17. The van der Waals surface area contributed by atoms with E-state index in [1.807, 2.05) is 6.07 Å². The van der Waals surface area contributed by atoms with E-state index in [1.54, 1.807) is 0 Å². The molecule has 0 unspecified atom stereocenters. The second-order valence-corrected chi connectivity index (χ2v) is 5.98. The van der Waals surface area contributed by atoms with Gasteiger partial charge in [0.2, 0.25) is 0 Å². The molecule has 0 radical (unpaired) electrons. The van der Waals surface area contributed by atoms with Gasteiger partial charge in [0, 0.05) is 11.6 Å². The van der Waals surface area contributed by atoms with Crippen molar-refractivity contribution in [3.8, 4) is 0 Å². The summed E-state index contributed by atoms with van der Waals surface area (Å²) in [6, 6.07) is 6.88. The summed E-state index contributed by atoms with van der Waals surface area (Å²) in [4.78, 5) is 12.2. The number of carbonyl (C=O) groups excluding carboxylic acids is 1. The SMILES string of the molecule is O=C(CNC1CCCC1)c1ccc2c(c1)CCCC2. The zero-order chi connectivity index (χ0) is 13.1. The molecule has 1 fully saturated rings. The molecule has 1 saturated carbocycles. The summed E-state index contributed by atoms with van der Waals surface area (Å²) >= 11 is 0. The van der Waals surface area contributed by atoms with E-state index in [-0.39, 0.29) is 5.78 Å². The number of fused-ring (bicyclic) bond motifs is 1. The van der Waals surface area contributed by atoms with Gasteiger partial charge in [-0.15, -0.1) is 0 Å². The predicted molar refractivity (Wildman–Crippen MR) is 77.7 cm³/mol. The molecule has 0 atom stereocenters. The monoisotopic (exact) mass is 257 g/mol. The van der Waals surface area contributed by atoms with E-state index in [0.29, 0.717) is 12.6 Å². The van der Waals surface area contributed by atoms with E-state index in [1.165, 1.54) is 56.1 Å². The molecule has 0 spiro atoms. The maximum absolute atomic E-state index is 12.2. The molecule has 2 heteroatoms. The Morgan fingerprint density at radius 2 is 1.79 bits per heavy atom. The average molecular weight is 257 g/mol. The molecule has 0 aliphatic heterocycles. The number of nitrogens with one attached hydrogen (secondary N) is 1. The molecular formula is C17H23NO. The van der Waals surface area contributed by atoms with Crippen LogP contribution in [0, 0.1) is 0 Å². The molecule has 2 aliphatic rings. The lowest BCUT2D eigenvalue weighted by molar-refractivity contribution is 0.0987. The summed E-state index contributed by atoms with van der Waals surface area (Å²) in [6.07, 6.45) is 9.98. The average Bonchev–Trinajstić information content (AvgIpc) is 2.97. The van der Waals surface area contributed by atoms with Crippen LogP contribution >= 0.6 is 0 Å². The third-order valence-electron chi connectivity index (χ3n) is 4.58. The van der Waals surface area contributed by atoms with Crippen LogP contribution in [0.4, 0.5) is 0 Å². The van der Waals surface area contributed by atoms with Crippen LogP contribution in [0.2, 0.25) is 0 Å². The molecule has 0 heterocycles. The van der Waals surface area contributed by atoms with Crippen molar-refractivity contribution < 1.29 is 4.79 Å². The van der Waals surface area contributed by atoms with E-state index in [2.05, 4.69) is 17.4 Å². The van der Waals surface area contributed by atoms with Crippen LogP contribution in [0.25, 0.3) is 0 Å². The summed E-state index contributed by atoms with van der Waals surface area (Å²) in [5, 5.41) is 3.41. The van der Waals surface area contributed by atoms with Gasteiger partial charge >= 0.3 is 0 Å². The second kappa shape index (κ2) is 5.87. The fourth-order valence-electron chi connectivity index (χ4n) is 3.38. The van der Waals surface area contributed by atoms with Crippen LogP contribution < -0.4 is 5.32 Å². The molecular weight excluding hydrogens is 234 g/mol. The fraction of sp³-hybridized carbons (Fsp3) is 0.588. The summed E-state index contributed by atoms with van der Waals surface area (Å²) in [5.74, 6) is 0.250. The predicted octanol–water partition coefficient (Wildman–Crippen LogP) is 3.28. The Hall–Kier alpha value is -1.15. The van der Waals surface area contributed by atoms with Crippen molar-refractivity contribution in [3.63, 3.8) is 0 Å². The Bertz CT molecular complexity index is 460. The lowest BCUT2D eigenvalue weighted by atomic mass is 9.90. The van der Waals surface area contributed by atoms with Gasteiger partial charge in [0.15, 0.2) is 5.78 Å². The summed E-state index contributed by atoms with van der Waals surface area (Å²) in [5.41, 5.74) is 3.75. The van der Waals surface area contributed by atoms with E-state index in [9.17, 15) is 4.79 Å². The van der Waals surface area contributed by atoms with Gasteiger partial charge in [0.05, 0.1) is 6.54 Å². The van der Waals surface area contributed by atoms with Crippen molar-refractivity contribution >= 4 is 5.78 Å². The highest BCUT2D eigenvalue weighted by atomic mass is 16.1. The molecule has 0 bridgehead atoms. The van der Waals surface area contributed by atoms with Crippen molar-refractivity contribution in [1.29, 1.82) is 0 Å². The number of benzene rings is 1. The first-order chi connectivity index (χ1) is 9.33. The fourth-order valence-corrected chi connectivity index (χ4v) is 3.38. The Morgan fingerprint density at radius 3 is 2.58 bits per heavy atom. The molecule has 0 saturated heterocycles. The van der Waals surface area contributed by atoms with E-state index in [0.717, 1.165) is 12.0 Å². The molecule has 1 aromatic carbocycles. The molecule has 0 amide bonds. The van der Waals surface area contributed by atoms with Gasteiger partial charge in [-0.2, -0.15) is 0 Å². The van der Waals surface area contributed by atoms with Crippen molar-refractivity contribution in [2.24, 2.45) is 0 Å². The third kappa shape index (κ3) is 3.06. The maximum Gasteiger partial charge on any atom is 0.176 e. The number of Topliss-reactive ketones (excluding diaryl/α,β-unsaturated/α-hetero) is 1. The molecule has 1 aromatic rings. The smallest absolute Gasteiger partial charge is 0.176 e. The lowest BCUT2D eigenvalue weighted by Crippen LogP contribution is -2.31. The van der Waals surface area contributed by atoms with E-state index in [4.69, 9.17) is 0 Å². The van der Waals surface area contributed by atoms with Crippen LogP contribution in [-0.4, -0.2) is 18.4 Å². The minimum Gasteiger partial charge on any atom is -0.307 e. The molecule has 2 aliphatic carbocycles. The van der Waals surface area contributed by atoms with Crippen LogP contribution in [0.1, 0.15) is 60.0 Å². The minimum atomic E-state index is 0.250. The van der Waals surface area contributed by atoms with Crippen LogP contribution in [0.15, 0.2) is 18.2 Å². The Labute approximate surface area is 115 Å². The first-order valence-electron chi connectivity index (χ1n) is 7.71. The van der Waals surface area contributed by atoms with Gasteiger partial charge in [-0.25, -0.2) is 0 Å². The standard InChI is InChI=1S/C17H23NO/c19-17(12-18-16-7-3-4-8-16)15-10-9-13-5-1-2-6-14(13)11-15/h9-11,16,18H,1-8,12H2. The highest BCUT2D eigenvalue weighted by molar-refractivity contribution is 5.97. The first kappa shape index (κ1) is 12.9. The van der Waals surface area contributed by atoms with Gasteiger partial charge in [0.25, 0.3) is 0 Å².